The van der Waals surface area contributed by atoms with Crippen LogP contribution in [-0.4, -0.2) is 67.0 Å². The van der Waals surface area contributed by atoms with Gasteiger partial charge < -0.3 is 28.2 Å². The Morgan fingerprint density at radius 1 is 1.06 bits per heavy atom. The third-order valence-electron chi connectivity index (χ3n) is 10.8. The van der Waals surface area contributed by atoms with E-state index >= 15 is 0 Å². The van der Waals surface area contributed by atoms with Crippen molar-refractivity contribution in [3.05, 3.63) is 41.5 Å². The van der Waals surface area contributed by atoms with E-state index in [-0.39, 0.29) is 52.8 Å². The first-order chi connectivity index (χ1) is 22.2. The van der Waals surface area contributed by atoms with Crippen molar-refractivity contribution >= 4 is 22.6 Å². The van der Waals surface area contributed by atoms with Gasteiger partial charge in [-0.1, -0.05) is 78.8 Å². The van der Waals surface area contributed by atoms with Crippen molar-refractivity contribution in [1.82, 2.24) is 0 Å². The molecule has 9 heteroatoms. The molecular formula is C39H66O7Si2. The molecule has 272 valence electrons. The zero-order valence-electron chi connectivity index (χ0n) is 32.5. The first-order valence-corrected chi connectivity index (χ1v) is 23.4. The minimum atomic E-state index is -2.19. The third kappa shape index (κ3) is 11.3. The van der Waals surface area contributed by atoms with Crippen molar-refractivity contribution < 1.29 is 33.0 Å². The van der Waals surface area contributed by atoms with Crippen molar-refractivity contribution in [2.45, 2.75) is 148 Å². The minimum absolute atomic E-state index is 0.0118. The number of aryl methyl sites for hydroxylation is 1. The topological polar surface area (TPSA) is 83.5 Å². The van der Waals surface area contributed by atoms with Gasteiger partial charge in [-0.15, -0.1) is 11.8 Å². The molecule has 1 N–H and O–H groups in total. The second-order valence-corrected chi connectivity index (χ2v) is 26.0. The number of esters is 1. The summed E-state index contributed by atoms with van der Waals surface area (Å²) in [5.41, 5.74) is 1.90. The highest BCUT2D eigenvalue weighted by atomic mass is 28.4. The molecule has 1 fully saturated rings. The molecule has 0 aromatic heterocycles. The van der Waals surface area contributed by atoms with Gasteiger partial charge in [-0.2, -0.15) is 0 Å². The molecule has 0 heterocycles. The van der Waals surface area contributed by atoms with Crippen LogP contribution in [0.1, 0.15) is 98.1 Å². The second kappa shape index (κ2) is 17.8. The molecule has 0 saturated heterocycles. The van der Waals surface area contributed by atoms with Gasteiger partial charge in [-0.25, -0.2) is 0 Å². The number of hydrogen-bond acceptors (Lipinski definition) is 7. The number of para-hydroxylation sites is 1. The van der Waals surface area contributed by atoms with Crippen molar-refractivity contribution in [2.24, 2.45) is 11.8 Å². The average Bonchev–Trinajstić information content (AvgIpc) is 3.28. The van der Waals surface area contributed by atoms with Crippen molar-refractivity contribution in [3.8, 4) is 17.6 Å². The van der Waals surface area contributed by atoms with Crippen LogP contribution in [0.4, 0.5) is 0 Å². The molecule has 0 radical (unpaired) electrons. The Balaban J connectivity index is 2.70. The Morgan fingerprint density at radius 2 is 1.71 bits per heavy atom. The van der Waals surface area contributed by atoms with E-state index in [1.807, 2.05) is 19.1 Å². The van der Waals surface area contributed by atoms with E-state index in [1.165, 1.54) is 7.11 Å². The van der Waals surface area contributed by atoms with Gasteiger partial charge in [-0.3, -0.25) is 4.79 Å². The maximum atomic E-state index is 11.9. The van der Waals surface area contributed by atoms with Gasteiger partial charge in [0.15, 0.2) is 23.4 Å². The summed E-state index contributed by atoms with van der Waals surface area (Å²) < 4.78 is 30.7. The molecule has 1 aliphatic rings. The Hall–Kier alpha value is -1.94. The number of aliphatic hydroxyl groups excluding tert-OH is 1. The van der Waals surface area contributed by atoms with E-state index in [1.54, 1.807) is 7.11 Å². The van der Waals surface area contributed by atoms with Gasteiger partial charge in [0.25, 0.3) is 0 Å². The van der Waals surface area contributed by atoms with Crippen LogP contribution in [0.2, 0.25) is 36.3 Å². The fraction of sp³-hybridized carbons (Fsp3) is 0.718. The van der Waals surface area contributed by atoms with Crippen LogP contribution in [-0.2, 0) is 29.5 Å². The van der Waals surface area contributed by atoms with E-state index in [0.717, 1.165) is 17.5 Å². The standard InChI is InChI=1S/C39H66O7Si2/c1-15-16-19-28(2)33(45-47(11,12)38(3,4)5)25-24-30-34(46-48(13,14)39(6,7)8)26-32(40)36(30)31-22-17-20-29(37(31)44-27-42-9)21-18-23-35(41)43-10/h17,20,22,24-25,28,30,32-34,36,40H,18-19,21,23,26-27H2,1-14H3/t28?,30-,32-,33?,34+,36-/m0/s1. The Bertz CT molecular complexity index is 1270. The zero-order chi connectivity index (χ0) is 36.5. The van der Waals surface area contributed by atoms with E-state index < -0.39 is 22.7 Å². The van der Waals surface area contributed by atoms with E-state index in [4.69, 9.17) is 23.1 Å². The summed E-state index contributed by atoms with van der Waals surface area (Å²) in [5, 5.41) is 12.0. The predicted molar refractivity (Wildman–Crippen MR) is 201 cm³/mol. The number of carbonyl (C=O) groups is 1. The highest BCUT2D eigenvalue weighted by Crippen LogP contribution is 2.49. The molecule has 6 atom stereocenters. The van der Waals surface area contributed by atoms with Crippen molar-refractivity contribution in [2.75, 3.05) is 21.0 Å². The van der Waals surface area contributed by atoms with Crippen LogP contribution in [0.15, 0.2) is 30.4 Å². The largest absolute Gasteiger partial charge is 0.469 e. The van der Waals surface area contributed by atoms with Crippen LogP contribution in [0, 0.1) is 23.7 Å². The molecule has 1 aromatic carbocycles. The molecule has 0 aliphatic heterocycles. The molecule has 0 spiro atoms. The monoisotopic (exact) mass is 702 g/mol. The summed E-state index contributed by atoms with van der Waals surface area (Å²) in [6.45, 7) is 26.9. The smallest absolute Gasteiger partial charge is 0.305 e. The number of aliphatic hydroxyl groups is 1. The molecule has 7 nitrogen and oxygen atoms in total. The number of methoxy groups -OCH3 is 2. The van der Waals surface area contributed by atoms with Crippen LogP contribution < -0.4 is 4.74 Å². The first-order valence-electron chi connectivity index (χ1n) is 17.6. The van der Waals surface area contributed by atoms with E-state index in [0.29, 0.717) is 31.4 Å². The average molecular weight is 703 g/mol. The number of carbonyl (C=O) groups excluding carboxylic acids is 1. The molecule has 1 aromatic rings. The molecular weight excluding hydrogens is 637 g/mol. The predicted octanol–water partition coefficient (Wildman–Crippen LogP) is 9.02. The Morgan fingerprint density at radius 3 is 2.27 bits per heavy atom. The van der Waals surface area contributed by atoms with Crippen LogP contribution in [0.25, 0.3) is 0 Å². The van der Waals surface area contributed by atoms with E-state index in [2.05, 4.69) is 105 Å². The summed E-state index contributed by atoms with van der Waals surface area (Å²) in [6, 6.07) is 6.11. The van der Waals surface area contributed by atoms with Crippen LogP contribution in [0.3, 0.4) is 0 Å². The van der Waals surface area contributed by atoms with Gasteiger partial charge in [0, 0.05) is 37.4 Å². The summed E-state index contributed by atoms with van der Waals surface area (Å²) in [7, 11) is -1.29. The molecule has 1 saturated carbocycles. The molecule has 2 unspecified atom stereocenters. The van der Waals surface area contributed by atoms with Crippen molar-refractivity contribution in [3.63, 3.8) is 0 Å². The zero-order valence-corrected chi connectivity index (χ0v) is 34.5. The quantitative estimate of drug-likeness (QED) is 0.0605. The fourth-order valence-corrected chi connectivity index (χ4v) is 8.44. The number of ether oxygens (including phenoxy) is 3. The molecule has 0 bridgehead atoms. The lowest BCUT2D eigenvalue weighted by atomic mass is 9.84. The van der Waals surface area contributed by atoms with Crippen LogP contribution >= 0.6 is 0 Å². The summed E-state index contributed by atoms with van der Waals surface area (Å²) in [4.78, 5) is 11.9. The maximum absolute atomic E-state index is 11.9. The van der Waals surface area contributed by atoms with Gasteiger partial charge in [-0.05, 0) is 73.9 Å². The summed E-state index contributed by atoms with van der Waals surface area (Å²) in [5.74, 6) is 6.59. The molecule has 1 aliphatic carbocycles. The lowest BCUT2D eigenvalue weighted by molar-refractivity contribution is -0.140. The molecule has 48 heavy (non-hydrogen) atoms. The van der Waals surface area contributed by atoms with Gasteiger partial charge in [0.1, 0.15) is 5.75 Å². The van der Waals surface area contributed by atoms with Gasteiger partial charge in [0.2, 0.25) is 0 Å². The lowest BCUT2D eigenvalue weighted by Crippen LogP contribution is -2.45. The SMILES string of the molecule is CC#CCC(C)C(C=C[C@@H]1[C@@H](c2cccc(CCCC(=O)OC)c2OCOC)[C@@H](O)C[C@H]1O[Si](C)(C)C(C)(C)C)O[Si](C)(C)C(C)(C)C. The highest BCUT2D eigenvalue weighted by molar-refractivity contribution is 6.74. The lowest BCUT2D eigenvalue weighted by Gasteiger charge is -2.41. The van der Waals surface area contributed by atoms with Crippen molar-refractivity contribution in [1.29, 1.82) is 0 Å². The highest BCUT2D eigenvalue weighted by Gasteiger charge is 2.49. The number of hydrogen-bond donors (Lipinski definition) is 1. The van der Waals surface area contributed by atoms with Gasteiger partial charge in [0.05, 0.1) is 25.4 Å². The van der Waals surface area contributed by atoms with Crippen LogP contribution in [0.5, 0.6) is 5.75 Å². The van der Waals surface area contributed by atoms with Gasteiger partial charge >= 0.3 is 5.97 Å². The molecule has 2 rings (SSSR count). The normalized spacial score (nSPS) is 21.9. The number of benzene rings is 1. The number of rotatable bonds is 16. The third-order valence-corrected chi connectivity index (χ3v) is 19.7. The Kier molecular flexibility index (Phi) is 15.7. The minimum Gasteiger partial charge on any atom is -0.469 e. The molecule has 0 amide bonds. The fourth-order valence-electron chi connectivity index (χ4n) is 5.73. The summed E-state index contributed by atoms with van der Waals surface area (Å²) >= 11 is 0. The van der Waals surface area contributed by atoms with E-state index in [9.17, 15) is 9.90 Å². The maximum Gasteiger partial charge on any atom is 0.305 e. The summed E-state index contributed by atoms with van der Waals surface area (Å²) in [6.07, 6.45) is 6.37. The second-order valence-electron chi connectivity index (χ2n) is 16.5. The Labute approximate surface area is 294 Å². The first kappa shape index (κ1) is 42.2.